The van der Waals surface area contributed by atoms with Gasteiger partial charge in [-0.25, -0.2) is 14.8 Å². The first kappa shape index (κ1) is 20.6. The van der Waals surface area contributed by atoms with Crippen LogP contribution in [0.1, 0.15) is 34.9 Å². The Hall–Kier alpha value is -4.33. The molecule has 5 rings (SSSR count). The summed E-state index contributed by atoms with van der Waals surface area (Å²) in [5.74, 6) is -0.262. The molecule has 0 bridgehead atoms. The van der Waals surface area contributed by atoms with Gasteiger partial charge in [-0.05, 0) is 32.0 Å². The number of nitrogens with zero attached hydrogens (tertiary/aromatic N) is 4. The summed E-state index contributed by atoms with van der Waals surface area (Å²) in [4.78, 5) is 37.7. The Balaban J connectivity index is 1.56. The van der Waals surface area contributed by atoms with Crippen LogP contribution in [0.5, 0.6) is 0 Å². The standard InChI is InChI=1S/C25H21N5O3/c1-14-21-18(13-20(16-9-5-4-6-10-16)27-23(21)30(3)29-14)25(32)33-15(2)22-26-19-12-8-7-11-17(19)24(31)28-22/h4-13,15H,1-3H3,(H,26,28,31). The lowest BCUT2D eigenvalue weighted by molar-refractivity contribution is 0.0322. The van der Waals surface area contributed by atoms with Gasteiger partial charge in [-0.15, -0.1) is 0 Å². The highest BCUT2D eigenvalue weighted by Crippen LogP contribution is 2.28. The summed E-state index contributed by atoms with van der Waals surface area (Å²) in [6, 6.07) is 18.4. The number of H-pyrrole nitrogens is 1. The van der Waals surface area contributed by atoms with Crippen molar-refractivity contribution in [3.05, 3.63) is 88.1 Å². The van der Waals surface area contributed by atoms with E-state index in [1.807, 2.05) is 37.3 Å². The second kappa shape index (κ2) is 7.98. The topological polar surface area (TPSA) is 103 Å². The largest absolute Gasteiger partial charge is 0.451 e. The molecule has 0 aliphatic rings. The van der Waals surface area contributed by atoms with Crippen LogP contribution >= 0.6 is 0 Å². The number of esters is 1. The smallest absolute Gasteiger partial charge is 0.339 e. The van der Waals surface area contributed by atoms with Gasteiger partial charge in [0, 0.05) is 12.6 Å². The molecule has 8 nitrogen and oxygen atoms in total. The average molecular weight is 439 g/mol. The number of aryl methyl sites for hydroxylation is 2. The molecule has 3 aromatic heterocycles. The Bertz CT molecular complexity index is 1570. The van der Waals surface area contributed by atoms with Gasteiger partial charge in [0.15, 0.2) is 17.6 Å². The Morgan fingerprint density at radius 2 is 1.79 bits per heavy atom. The number of pyridine rings is 1. The van der Waals surface area contributed by atoms with Crippen molar-refractivity contribution in [1.82, 2.24) is 24.7 Å². The first-order valence-corrected chi connectivity index (χ1v) is 10.5. The molecular weight excluding hydrogens is 418 g/mol. The molecule has 0 radical (unpaired) electrons. The summed E-state index contributed by atoms with van der Waals surface area (Å²) in [7, 11) is 1.79. The summed E-state index contributed by atoms with van der Waals surface area (Å²) < 4.78 is 7.41. The van der Waals surface area contributed by atoms with Crippen molar-refractivity contribution >= 4 is 27.9 Å². The molecule has 0 aliphatic carbocycles. The van der Waals surface area contributed by atoms with Crippen LogP contribution in [0.3, 0.4) is 0 Å². The van der Waals surface area contributed by atoms with Gasteiger partial charge in [0.2, 0.25) is 0 Å². The van der Waals surface area contributed by atoms with Crippen LogP contribution in [0.2, 0.25) is 0 Å². The number of aromatic nitrogens is 5. The highest BCUT2D eigenvalue weighted by molar-refractivity contribution is 6.05. The van der Waals surface area contributed by atoms with E-state index in [4.69, 9.17) is 9.72 Å². The van der Waals surface area contributed by atoms with Gasteiger partial charge in [0.25, 0.3) is 5.56 Å². The molecule has 0 amide bonds. The lowest BCUT2D eigenvalue weighted by Gasteiger charge is -2.14. The Kier molecular flexibility index (Phi) is 4.97. The molecule has 33 heavy (non-hydrogen) atoms. The average Bonchev–Trinajstić information content (AvgIpc) is 3.12. The van der Waals surface area contributed by atoms with Crippen LogP contribution in [0.4, 0.5) is 0 Å². The first-order valence-electron chi connectivity index (χ1n) is 10.5. The van der Waals surface area contributed by atoms with Gasteiger partial charge in [0.05, 0.1) is 33.2 Å². The van der Waals surface area contributed by atoms with Crippen molar-refractivity contribution in [3.8, 4) is 11.3 Å². The number of aromatic amines is 1. The van der Waals surface area contributed by atoms with Crippen molar-refractivity contribution in [2.75, 3.05) is 0 Å². The fourth-order valence-corrected chi connectivity index (χ4v) is 3.94. The van der Waals surface area contributed by atoms with Crippen LogP contribution in [-0.4, -0.2) is 30.7 Å². The van der Waals surface area contributed by atoms with Crippen LogP contribution in [0.15, 0.2) is 65.5 Å². The van der Waals surface area contributed by atoms with E-state index in [1.54, 1.807) is 49.0 Å². The van der Waals surface area contributed by atoms with Crippen molar-refractivity contribution in [2.45, 2.75) is 20.0 Å². The second-order valence-electron chi connectivity index (χ2n) is 7.84. The summed E-state index contributed by atoms with van der Waals surface area (Å²) >= 11 is 0. The summed E-state index contributed by atoms with van der Waals surface area (Å²) in [5, 5.41) is 5.55. The lowest BCUT2D eigenvalue weighted by Crippen LogP contribution is -2.17. The zero-order chi connectivity index (χ0) is 23.1. The minimum absolute atomic E-state index is 0.278. The number of benzene rings is 2. The van der Waals surface area contributed by atoms with Gasteiger partial charge in [-0.1, -0.05) is 42.5 Å². The third kappa shape index (κ3) is 3.65. The summed E-state index contributed by atoms with van der Waals surface area (Å²) in [6.45, 7) is 3.51. The normalized spacial score (nSPS) is 12.2. The predicted molar refractivity (Wildman–Crippen MR) is 125 cm³/mol. The molecule has 1 N–H and O–H groups in total. The van der Waals surface area contributed by atoms with Gasteiger partial charge in [-0.2, -0.15) is 5.10 Å². The summed E-state index contributed by atoms with van der Waals surface area (Å²) in [5.41, 5.74) is 3.41. The van der Waals surface area contributed by atoms with E-state index < -0.39 is 12.1 Å². The van der Waals surface area contributed by atoms with Crippen LogP contribution in [0.25, 0.3) is 33.2 Å². The molecular formula is C25H21N5O3. The maximum absolute atomic E-state index is 13.3. The quantitative estimate of drug-likeness (QED) is 0.423. The zero-order valence-electron chi connectivity index (χ0n) is 18.4. The number of carbonyl (C=O) groups is 1. The third-order valence-electron chi connectivity index (χ3n) is 5.56. The number of hydrogen-bond acceptors (Lipinski definition) is 6. The van der Waals surface area contributed by atoms with Crippen molar-refractivity contribution in [1.29, 1.82) is 0 Å². The highest BCUT2D eigenvalue weighted by Gasteiger charge is 2.23. The molecule has 1 atom stereocenters. The van der Waals surface area contributed by atoms with Crippen LogP contribution in [-0.2, 0) is 11.8 Å². The maximum atomic E-state index is 13.3. The molecule has 0 saturated heterocycles. The fraction of sp³-hybridized carbons (Fsp3) is 0.160. The minimum Gasteiger partial charge on any atom is -0.451 e. The number of ether oxygens (including phenoxy) is 1. The number of carbonyl (C=O) groups excluding carboxylic acids is 1. The number of rotatable bonds is 4. The maximum Gasteiger partial charge on any atom is 0.339 e. The van der Waals surface area contributed by atoms with Gasteiger partial charge in [-0.3, -0.25) is 9.48 Å². The van der Waals surface area contributed by atoms with Crippen molar-refractivity contribution in [3.63, 3.8) is 0 Å². The van der Waals surface area contributed by atoms with Gasteiger partial charge >= 0.3 is 5.97 Å². The van der Waals surface area contributed by atoms with Crippen LogP contribution in [0, 0.1) is 6.92 Å². The molecule has 8 heteroatoms. The SMILES string of the molecule is Cc1nn(C)c2nc(-c3ccccc3)cc(C(=O)OC(C)c3nc4ccccc4c(=O)[nH]3)c12. The summed E-state index contributed by atoms with van der Waals surface area (Å²) in [6.07, 6.45) is -0.768. The zero-order valence-corrected chi connectivity index (χ0v) is 18.4. The molecule has 1 unspecified atom stereocenters. The van der Waals surface area contributed by atoms with Crippen LogP contribution < -0.4 is 5.56 Å². The first-order chi connectivity index (χ1) is 15.9. The number of nitrogens with one attached hydrogen (secondary N) is 1. The molecule has 0 fully saturated rings. The third-order valence-corrected chi connectivity index (χ3v) is 5.56. The predicted octanol–water partition coefficient (Wildman–Crippen LogP) is 4.10. The minimum atomic E-state index is -0.768. The van der Waals surface area contributed by atoms with E-state index in [0.29, 0.717) is 38.9 Å². The number of hydrogen-bond donors (Lipinski definition) is 1. The van der Waals surface area contributed by atoms with Gasteiger partial charge < -0.3 is 9.72 Å². The Morgan fingerprint density at radius 3 is 2.58 bits per heavy atom. The fourth-order valence-electron chi connectivity index (χ4n) is 3.94. The molecule has 2 aromatic carbocycles. The monoisotopic (exact) mass is 439 g/mol. The molecule has 0 aliphatic heterocycles. The lowest BCUT2D eigenvalue weighted by atomic mass is 10.1. The number of para-hydroxylation sites is 1. The van der Waals surface area contributed by atoms with E-state index in [-0.39, 0.29) is 11.4 Å². The van der Waals surface area contributed by atoms with E-state index in [9.17, 15) is 9.59 Å². The number of fused-ring (bicyclic) bond motifs is 2. The highest BCUT2D eigenvalue weighted by atomic mass is 16.5. The van der Waals surface area contributed by atoms with Crippen molar-refractivity contribution < 1.29 is 9.53 Å². The molecule has 0 spiro atoms. The van der Waals surface area contributed by atoms with E-state index in [2.05, 4.69) is 15.1 Å². The van der Waals surface area contributed by atoms with Crippen molar-refractivity contribution in [2.24, 2.45) is 7.05 Å². The van der Waals surface area contributed by atoms with E-state index in [1.165, 1.54) is 0 Å². The Morgan fingerprint density at radius 1 is 1.06 bits per heavy atom. The molecule has 3 heterocycles. The second-order valence-corrected chi connectivity index (χ2v) is 7.84. The molecule has 5 aromatic rings. The molecule has 0 saturated carbocycles. The Labute approximate surface area is 188 Å². The molecule has 164 valence electrons. The van der Waals surface area contributed by atoms with E-state index in [0.717, 1.165) is 5.56 Å². The van der Waals surface area contributed by atoms with E-state index >= 15 is 0 Å². The van der Waals surface area contributed by atoms with Gasteiger partial charge in [0.1, 0.15) is 0 Å².